The van der Waals surface area contributed by atoms with Crippen molar-refractivity contribution in [3.63, 3.8) is 0 Å². The fourth-order valence-electron chi connectivity index (χ4n) is 4.42. The number of hydrogen-bond donors (Lipinski definition) is 2. The van der Waals surface area contributed by atoms with Crippen molar-refractivity contribution in [3.8, 4) is 34.0 Å². The van der Waals surface area contributed by atoms with E-state index in [9.17, 15) is 4.79 Å². The van der Waals surface area contributed by atoms with E-state index in [0.29, 0.717) is 17.4 Å². The van der Waals surface area contributed by atoms with Crippen molar-refractivity contribution in [1.82, 2.24) is 19.7 Å². The molecule has 0 saturated heterocycles. The summed E-state index contributed by atoms with van der Waals surface area (Å²) < 4.78 is 7.38. The molecule has 31 heavy (non-hydrogen) atoms. The van der Waals surface area contributed by atoms with Crippen LogP contribution in [-0.4, -0.2) is 19.7 Å². The predicted octanol–water partition coefficient (Wildman–Crippen LogP) is 3.52. The molecular weight excluding hydrogens is 390 g/mol. The molecule has 154 valence electrons. The van der Waals surface area contributed by atoms with Gasteiger partial charge < -0.3 is 10.5 Å². The number of ether oxygens (including phenoxy) is 1. The Morgan fingerprint density at radius 1 is 1.03 bits per heavy atom. The largest absolute Gasteiger partial charge is 0.468 e. The van der Waals surface area contributed by atoms with Crippen molar-refractivity contribution in [3.05, 3.63) is 82.5 Å². The van der Waals surface area contributed by atoms with Crippen molar-refractivity contribution < 1.29 is 4.74 Å². The molecule has 3 heterocycles. The van der Waals surface area contributed by atoms with Gasteiger partial charge in [0.25, 0.3) is 0 Å². The minimum Gasteiger partial charge on any atom is -0.468 e. The lowest BCUT2D eigenvalue weighted by Crippen LogP contribution is -2.43. The molecule has 0 radical (unpaired) electrons. The fraction of sp³-hybridized carbons (Fsp3) is 0.208. The molecule has 4 aromatic rings. The molecule has 1 aliphatic carbocycles. The Morgan fingerprint density at radius 2 is 1.81 bits per heavy atom. The standard InChI is InChI=1S/C24H21N5O2/c25-24(11-4-12-24)17-9-7-16(8-10-17)21-18(15-5-2-1-3-6-15)13-19-22(26-21)31-14-20-27-28-23(30)29(19)20/h1-3,5-10,13H,4,11-12,14,25H2,(H,28,30). The number of aromatic nitrogens is 4. The van der Waals surface area contributed by atoms with Gasteiger partial charge in [-0.1, -0.05) is 54.6 Å². The maximum atomic E-state index is 12.3. The van der Waals surface area contributed by atoms with Crippen LogP contribution in [0.25, 0.3) is 28.1 Å². The number of hydrogen-bond acceptors (Lipinski definition) is 5. The molecule has 0 spiro atoms. The first-order valence-electron chi connectivity index (χ1n) is 10.4. The summed E-state index contributed by atoms with van der Waals surface area (Å²) in [6, 6.07) is 20.3. The quantitative estimate of drug-likeness (QED) is 0.537. The van der Waals surface area contributed by atoms with Crippen LogP contribution in [0.4, 0.5) is 0 Å². The third kappa shape index (κ3) is 2.81. The highest BCUT2D eigenvalue weighted by molar-refractivity contribution is 5.83. The number of nitrogens with zero attached hydrogens (tertiary/aromatic N) is 3. The van der Waals surface area contributed by atoms with Gasteiger partial charge in [-0.2, -0.15) is 5.10 Å². The SMILES string of the molecule is NC1(c2ccc(-c3nc4c(cc3-c3ccccc3)-n3c(n[nH]c3=O)CO4)cc2)CCC1. The molecule has 1 saturated carbocycles. The molecule has 1 aliphatic heterocycles. The molecule has 7 nitrogen and oxygen atoms in total. The van der Waals surface area contributed by atoms with Crippen molar-refractivity contribution in [1.29, 1.82) is 0 Å². The lowest BCUT2D eigenvalue weighted by molar-refractivity contribution is 0.253. The average Bonchev–Trinajstić information content (AvgIpc) is 3.18. The molecule has 2 aromatic carbocycles. The molecule has 7 heteroatoms. The Labute approximate surface area is 178 Å². The third-order valence-electron chi connectivity index (χ3n) is 6.35. The molecule has 3 N–H and O–H groups in total. The minimum atomic E-state index is -0.300. The van der Waals surface area contributed by atoms with Gasteiger partial charge in [0.05, 0.1) is 5.69 Å². The molecule has 0 amide bonds. The third-order valence-corrected chi connectivity index (χ3v) is 6.35. The second-order valence-corrected chi connectivity index (χ2v) is 8.23. The molecule has 0 bridgehead atoms. The fourth-order valence-corrected chi connectivity index (χ4v) is 4.42. The van der Waals surface area contributed by atoms with Crippen molar-refractivity contribution in [2.24, 2.45) is 5.73 Å². The zero-order chi connectivity index (χ0) is 21.0. The maximum Gasteiger partial charge on any atom is 0.348 e. The lowest BCUT2D eigenvalue weighted by atomic mass is 9.72. The zero-order valence-corrected chi connectivity index (χ0v) is 16.8. The molecule has 2 aliphatic rings. The van der Waals surface area contributed by atoms with Crippen molar-refractivity contribution in [2.75, 3.05) is 0 Å². The summed E-state index contributed by atoms with van der Waals surface area (Å²) in [6.45, 7) is 0.192. The number of nitrogens with one attached hydrogen (secondary N) is 1. The number of pyridine rings is 1. The van der Waals surface area contributed by atoms with E-state index in [1.165, 1.54) is 11.0 Å². The highest BCUT2D eigenvalue weighted by atomic mass is 16.5. The van der Waals surface area contributed by atoms with Crippen LogP contribution in [0.3, 0.4) is 0 Å². The van der Waals surface area contributed by atoms with E-state index in [1.54, 1.807) is 0 Å². The van der Waals surface area contributed by atoms with E-state index in [1.807, 2.05) is 36.4 Å². The Kier molecular flexibility index (Phi) is 3.88. The summed E-state index contributed by atoms with van der Waals surface area (Å²) in [6.07, 6.45) is 3.22. The van der Waals surface area contributed by atoms with E-state index in [4.69, 9.17) is 15.5 Å². The first kappa shape index (κ1) is 18.1. The summed E-state index contributed by atoms with van der Waals surface area (Å²) in [5.41, 5.74) is 11.5. The number of nitrogens with two attached hydrogens (primary N) is 1. The van der Waals surface area contributed by atoms with E-state index < -0.39 is 0 Å². The number of benzene rings is 2. The summed E-state index contributed by atoms with van der Waals surface area (Å²) in [7, 11) is 0. The average molecular weight is 411 g/mol. The maximum absolute atomic E-state index is 12.3. The Morgan fingerprint density at radius 3 is 2.52 bits per heavy atom. The predicted molar refractivity (Wildman–Crippen MR) is 117 cm³/mol. The van der Waals surface area contributed by atoms with Gasteiger partial charge in [-0.25, -0.2) is 19.4 Å². The van der Waals surface area contributed by atoms with Crippen LogP contribution in [0.15, 0.2) is 65.5 Å². The molecule has 0 unspecified atom stereocenters. The Hall–Kier alpha value is -3.71. The Balaban J connectivity index is 1.54. The summed E-state index contributed by atoms with van der Waals surface area (Å²) >= 11 is 0. The van der Waals surface area contributed by atoms with Gasteiger partial charge in [-0.05, 0) is 36.5 Å². The normalized spacial score (nSPS) is 16.0. The molecule has 0 atom stereocenters. The van der Waals surface area contributed by atoms with E-state index in [2.05, 4.69) is 34.5 Å². The second kappa shape index (κ2) is 6.65. The van der Waals surface area contributed by atoms with Gasteiger partial charge >= 0.3 is 5.69 Å². The molecular formula is C24H21N5O2. The number of fused-ring (bicyclic) bond motifs is 3. The molecule has 2 aromatic heterocycles. The van der Waals surface area contributed by atoms with E-state index >= 15 is 0 Å². The first-order chi connectivity index (χ1) is 15.1. The Bertz CT molecular complexity index is 1330. The molecule has 1 fully saturated rings. The van der Waals surface area contributed by atoms with Gasteiger partial charge in [-0.3, -0.25) is 0 Å². The van der Waals surface area contributed by atoms with Gasteiger partial charge in [0, 0.05) is 16.7 Å². The first-order valence-corrected chi connectivity index (χ1v) is 10.4. The highest BCUT2D eigenvalue weighted by Gasteiger charge is 2.34. The zero-order valence-electron chi connectivity index (χ0n) is 16.8. The van der Waals surface area contributed by atoms with Gasteiger partial charge in [0.2, 0.25) is 5.88 Å². The van der Waals surface area contributed by atoms with Crippen LogP contribution < -0.4 is 16.2 Å². The van der Waals surface area contributed by atoms with Crippen LogP contribution in [0, 0.1) is 0 Å². The smallest absolute Gasteiger partial charge is 0.348 e. The number of rotatable bonds is 3. The van der Waals surface area contributed by atoms with Crippen LogP contribution in [0.5, 0.6) is 5.88 Å². The number of aromatic amines is 1. The lowest BCUT2D eigenvalue weighted by Gasteiger charge is -2.38. The van der Waals surface area contributed by atoms with E-state index in [0.717, 1.165) is 40.8 Å². The van der Waals surface area contributed by atoms with Crippen molar-refractivity contribution >= 4 is 0 Å². The van der Waals surface area contributed by atoms with Gasteiger partial charge in [-0.15, -0.1) is 0 Å². The summed E-state index contributed by atoms with van der Waals surface area (Å²) in [5.74, 6) is 0.952. The highest BCUT2D eigenvalue weighted by Crippen LogP contribution is 2.41. The second-order valence-electron chi connectivity index (χ2n) is 8.23. The summed E-state index contributed by atoms with van der Waals surface area (Å²) in [5, 5.41) is 6.54. The van der Waals surface area contributed by atoms with Gasteiger partial charge in [0.1, 0.15) is 5.69 Å². The van der Waals surface area contributed by atoms with Crippen molar-refractivity contribution in [2.45, 2.75) is 31.4 Å². The molecule has 6 rings (SSSR count). The topological polar surface area (TPSA) is 98.8 Å². The van der Waals surface area contributed by atoms with Crippen LogP contribution in [-0.2, 0) is 12.1 Å². The monoisotopic (exact) mass is 411 g/mol. The number of H-pyrrole nitrogens is 1. The summed E-state index contributed by atoms with van der Waals surface area (Å²) in [4.78, 5) is 17.2. The van der Waals surface area contributed by atoms with Crippen LogP contribution in [0.1, 0.15) is 30.7 Å². The van der Waals surface area contributed by atoms with Crippen LogP contribution >= 0.6 is 0 Å². The minimum absolute atomic E-state index is 0.192. The van der Waals surface area contributed by atoms with Gasteiger partial charge in [0.15, 0.2) is 12.4 Å². The van der Waals surface area contributed by atoms with Crippen LogP contribution in [0.2, 0.25) is 0 Å². The van der Waals surface area contributed by atoms with E-state index in [-0.39, 0.29) is 17.8 Å².